The summed E-state index contributed by atoms with van der Waals surface area (Å²) < 4.78 is 0. The van der Waals surface area contributed by atoms with Gasteiger partial charge in [-0.05, 0) is 45.0 Å². The lowest BCUT2D eigenvalue weighted by molar-refractivity contribution is 0.112. The summed E-state index contributed by atoms with van der Waals surface area (Å²) in [5.41, 5.74) is 1.33. The largest absolute Gasteiger partial charge is 0.384 e. The van der Waals surface area contributed by atoms with Crippen LogP contribution >= 0.6 is 11.6 Å². The Balaban J connectivity index is 1.75. The van der Waals surface area contributed by atoms with E-state index in [1.807, 2.05) is 0 Å². The number of carbonyl (C=O) groups is 1. The highest BCUT2D eigenvalue weighted by Crippen LogP contribution is 2.17. The van der Waals surface area contributed by atoms with Crippen molar-refractivity contribution in [2.75, 3.05) is 31.5 Å². The van der Waals surface area contributed by atoms with Gasteiger partial charge in [0.05, 0.1) is 5.56 Å². The zero-order chi connectivity index (χ0) is 13.5. The van der Waals surface area contributed by atoms with E-state index in [1.54, 1.807) is 6.07 Å². The molecule has 1 N–H and O–H groups in total. The van der Waals surface area contributed by atoms with Gasteiger partial charge in [0.2, 0.25) is 0 Å². The molecule has 1 saturated heterocycles. The average molecular weight is 282 g/mol. The first-order valence-electron chi connectivity index (χ1n) is 6.86. The van der Waals surface area contributed by atoms with Crippen molar-refractivity contribution >= 4 is 23.6 Å². The van der Waals surface area contributed by atoms with Crippen molar-refractivity contribution in [3.63, 3.8) is 0 Å². The lowest BCUT2D eigenvalue weighted by atomic mass is 10.1. The molecule has 19 heavy (non-hydrogen) atoms. The molecule has 0 bridgehead atoms. The van der Waals surface area contributed by atoms with Gasteiger partial charge in [0, 0.05) is 18.4 Å². The van der Waals surface area contributed by atoms with Crippen LogP contribution in [-0.2, 0) is 0 Å². The number of carbonyl (C=O) groups excluding carboxylic acids is 1. The Kier molecular flexibility index (Phi) is 5.61. The third kappa shape index (κ3) is 4.48. The topological polar surface area (TPSA) is 45.2 Å². The summed E-state index contributed by atoms with van der Waals surface area (Å²) in [6.45, 7) is 4.40. The van der Waals surface area contributed by atoms with Crippen LogP contribution < -0.4 is 5.32 Å². The zero-order valence-electron chi connectivity index (χ0n) is 11.1. The van der Waals surface area contributed by atoms with Crippen molar-refractivity contribution in [1.82, 2.24) is 9.88 Å². The maximum absolute atomic E-state index is 10.9. The standard InChI is InChI=1S/C14H20ClN3O/c15-14-9-13(12(11-19)10-17-14)16-5-4-8-18-6-2-1-3-7-18/h9-11H,1-8H2,(H,16,17). The highest BCUT2D eigenvalue weighted by atomic mass is 35.5. The molecule has 1 aliphatic heterocycles. The van der Waals surface area contributed by atoms with Gasteiger partial charge < -0.3 is 10.2 Å². The SMILES string of the molecule is O=Cc1cnc(Cl)cc1NCCCN1CCCCC1. The van der Waals surface area contributed by atoms with Crippen LogP contribution in [-0.4, -0.2) is 42.3 Å². The Morgan fingerprint density at radius 3 is 2.89 bits per heavy atom. The molecule has 5 heteroatoms. The van der Waals surface area contributed by atoms with E-state index >= 15 is 0 Å². The second kappa shape index (κ2) is 7.46. The van der Waals surface area contributed by atoms with Gasteiger partial charge in [-0.25, -0.2) is 4.98 Å². The molecule has 1 aromatic heterocycles. The molecule has 2 heterocycles. The molecule has 0 spiro atoms. The molecular formula is C14H20ClN3O. The smallest absolute Gasteiger partial charge is 0.153 e. The van der Waals surface area contributed by atoms with E-state index in [-0.39, 0.29) is 0 Å². The maximum Gasteiger partial charge on any atom is 0.153 e. The van der Waals surface area contributed by atoms with Crippen LogP contribution in [0.4, 0.5) is 5.69 Å². The molecule has 0 atom stereocenters. The molecule has 1 aromatic rings. The predicted octanol–water partition coefficient (Wildman–Crippen LogP) is 2.84. The second-order valence-corrected chi connectivity index (χ2v) is 5.28. The van der Waals surface area contributed by atoms with Crippen LogP contribution in [0.1, 0.15) is 36.0 Å². The number of anilines is 1. The van der Waals surface area contributed by atoms with E-state index in [9.17, 15) is 4.79 Å². The van der Waals surface area contributed by atoms with Gasteiger partial charge >= 0.3 is 0 Å². The number of nitrogens with one attached hydrogen (secondary N) is 1. The number of aromatic nitrogens is 1. The normalized spacial score (nSPS) is 16.3. The highest BCUT2D eigenvalue weighted by Gasteiger charge is 2.09. The molecule has 0 aliphatic carbocycles. The van der Waals surface area contributed by atoms with Crippen LogP contribution in [0.5, 0.6) is 0 Å². The first-order valence-corrected chi connectivity index (χ1v) is 7.24. The average Bonchev–Trinajstić information content (AvgIpc) is 2.45. The summed E-state index contributed by atoms with van der Waals surface area (Å²) >= 11 is 5.83. The zero-order valence-corrected chi connectivity index (χ0v) is 11.8. The molecule has 104 valence electrons. The molecule has 0 radical (unpaired) electrons. The molecule has 1 fully saturated rings. The van der Waals surface area contributed by atoms with E-state index < -0.39 is 0 Å². The lowest BCUT2D eigenvalue weighted by Crippen LogP contribution is -2.31. The maximum atomic E-state index is 10.9. The van der Waals surface area contributed by atoms with Gasteiger partial charge in [-0.15, -0.1) is 0 Å². The van der Waals surface area contributed by atoms with E-state index in [4.69, 9.17) is 11.6 Å². The second-order valence-electron chi connectivity index (χ2n) is 4.89. The molecule has 4 nitrogen and oxygen atoms in total. The number of nitrogens with zero attached hydrogens (tertiary/aromatic N) is 2. The molecule has 0 amide bonds. The molecule has 2 rings (SSSR count). The van der Waals surface area contributed by atoms with Gasteiger partial charge in [0.1, 0.15) is 5.15 Å². The van der Waals surface area contributed by atoms with E-state index in [1.165, 1.54) is 38.5 Å². The molecule has 0 saturated carbocycles. The number of halogens is 1. The summed E-state index contributed by atoms with van der Waals surface area (Å²) in [4.78, 5) is 17.3. The van der Waals surface area contributed by atoms with Crippen LogP contribution in [0.15, 0.2) is 12.3 Å². The van der Waals surface area contributed by atoms with Crippen molar-refractivity contribution in [2.45, 2.75) is 25.7 Å². The van der Waals surface area contributed by atoms with Crippen molar-refractivity contribution in [1.29, 1.82) is 0 Å². The number of aldehydes is 1. The molecule has 1 aliphatic rings. The minimum atomic E-state index is 0.407. The third-order valence-corrected chi connectivity index (χ3v) is 3.65. The summed E-state index contributed by atoms with van der Waals surface area (Å²) in [5, 5.41) is 3.67. The fourth-order valence-electron chi connectivity index (χ4n) is 2.40. The van der Waals surface area contributed by atoms with E-state index in [0.717, 1.165) is 31.5 Å². The first kappa shape index (κ1) is 14.3. The summed E-state index contributed by atoms with van der Waals surface area (Å²) in [5.74, 6) is 0. The Labute approximate surface area is 119 Å². The van der Waals surface area contributed by atoms with Crippen LogP contribution in [0.25, 0.3) is 0 Å². The van der Waals surface area contributed by atoms with Gasteiger partial charge in [-0.2, -0.15) is 0 Å². The Hall–Kier alpha value is -1.13. The Morgan fingerprint density at radius 2 is 2.16 bits per heavy atom. The number of hydrogen-bond acceptors (Lipinski definition) is 4. The van der Waals surface area contributed by atoms with E-state index in [0.29, 0.717) is 10.7 Å². The Morgan fingerprint density at radius 1 is 1.37 bits per heavy atom. The van der Waals surface area contributed by atoms with Crippen molar-refractivity contribution < 1.29 is 4.79 Å². The summed E-state index contributed by atoms with van der Waals surface area (Å²) in [6, 6.07) is 1.70. The van der Waals surface area contributed by atoms with Gasteiger partial charge in [0.25, 0.3) is 0 Å². The first-order chi connectivity index (χ1) is 9.29. The van der Waals surface area contributed by atoms with Crippen molar-refractivity contribution in [3.8, 4) is 0 Å². The number of hydrogen-bond donors (Lipinski definition) is 1. The van der Waals surface area contributed by atoms with Gasteiger partial charge in [-0.1, -0.05) is 18.0 Å². The predicted molar refractivity (Wildman–Crippen MR) is 78.0 cm³/mol. The summed E-state index contributed by atoms with van der Waals surface area (Å²) in [7, 11) is 0. The van der Waals surface area contributed by atoms with Gasteiger partial charge in [-0.3, -0.25) is 4.79 Å². The molecule has 0 unspecified atom stereocenters. The van der Waals surface area contributed by atoms with Crippen LogP contribution in [0, 0.1) is 0 Å². The fraction of sp³-hybridized carbons (Fsp3) is 0.571. The number of likely N-dealkylation sites (tertiary alicyclic amines) is 1. The fourth-order valence-corrected chi connectivity index (χ4v) is 2.55. The van der Waals surface area contributed by atoms with Crippen molar-refractivity contribution in [2.24, 2.45) is 0 Å². The molecular weight excluding hydrogens is 262 g/mol. The third-order valence-electron chi connectivity index (χ3n) is 3.44. The van der Waals surface area contributed by atoms with Crippen LogP contribution in [0.3, 0.4) is 0 Å². The number of rotatable bonds is 6. The lowest BCUT2D eigenvalue weighted by Gasteiger charge is -2.26. The quantitative estimate of drug-likeness (QED) is 0.495. The highest BCUT2D eigenvalue weighted by molar-refractivity contribution is 6.29. The Bertz CT molecular complexity index is 419. The minimum absolute atomic E-state index is 0.407. The minimum Gasteiger partial charge on any atom is -0.384 e. The summed E-state index contributed by atoms with van der Waals surface area (Å²) in [6.07, 6.45) is 7.38. The molecule has 0 aromatic carbocycles. The number of pyridine rings is 1. The number of piperidine rings is 1. The monoisotopic (exact) mass is 281 g/mol. The van der Waals surface area contributed by atoms with Crippen molar-refractivity contribution in [3.05, 3.63) is 23.0 Å². The van der Waals surface area contributed by atoms with Crippen LogP contribution in [0.2, 0.25) is 5.15 Å². The van der Waals surface area contributed by atoms with Gasteiger partial charge in [0.15, 0.2) is 6.29 Å². The van der Waals surface area contributed by atoms with E-state index in [2.05, 4.69) is 15.2 Å².